The lowest BCUT2D eigenvalue weighted by Crippen LogP contribution is -2.37. The van der Waals surface area contributed by atoms with Gasteiger partial charge in [-0.05, 0) is 35.9 Å². The van der Waals surface area contributed by atoms with E-state index in [1.807, 2.05) is 30.3 Å². The van der Waals surface area contributed by atoms with E-state index in [4.69, 9.17) is 32.7 Å². The summed E-state index contributed by atoms with van der Waals surface area (Å²) in [7, 11) is 1.39. The summed E-state index contributed by atoms with van der Waals surface area (Å²) < 4.78 is 10.3. The van der Waals surface area contributed by atoms with Crippen LogP contribution in [0.15, 0.2) is 36.4 Å². The fraction of sp³-hybridized carbons (Fsp3) is 0.316. The van der Waals surface area contributed by atoms with Crippen molar-refractivity contribution >= 4 is 40.5 Å². The van der Waals surface area contributed by atoms with E-state index in [0.29, 0.717) is 35.4 Å². The second kappa shape index (κ2) is 8.62. The predicted octanol–water partition coefficient (Wildman–Crippen LogP) is 4.23. The first-order chi connectivity index (χ1) is 12.6. The summed E-state index contributed by atoms with van der Waals surface area (Å²) in [6.07, 6.45) is 0. The highest BCUT2D eigenvalue weighted by molar-refractivity contribution is 6.42. The Balaban J connectivity index is 1.79. The van der Waals surface area contributed by atoms with Crippen LogP contribution in [-0.2, 0) is 16.0 Å². The molecule has 26 heavy (non-hydrogen) atoms. The zero-order valence-electron chi connectivity index (χ0n) is 14.4. The number of nitrogens with one attached hydrogen (secondary N) is 1. The number of nitrogens with zero attached hydrogens (tertiary/aromatic N) is 1. The van der Waals surface area contributed by atoms with Crippen LogP contribution in [0.3, 0.4) is 0 Å². The molecular weight excluding hydrogens is 375 g/mol. The maximum absolute atomic E-state index is 12.2. The quantitative estimate of drug-likeness (QED) is 0.768. The molecule has 2 aromatic rings. The summed E-state index contributed by atoms with van der Waals surface area (Å²) >= 11 is 12.0. The number of hydrogen-bond acceptors (Lipinski definition) is 5. The number of morpholine rings is 1. The molecule has 1 N–H and O–H groups in total. The first-order valence-electron chi connectivity index (χ1n) is 8.31. The number of ether oxygens (including phenoxy) is 2. The first-order valence-corrected chi connectivity index (χ1v) is 9.07. The number of anilines is 2. The Kier molecular flexibility index (Phi) is 6.25. The minimum atomic E-state index is -0.357. The molecule has 0 atom stereocenters. The molecule has 0 spiro atoms. The van der Waals surface area contributed by atoms with Crippen LogP contribution in [0.1, 0.15) is 15.9 Å². The lowest BCUT2D eigenvalue weighted by atomic mass is 10.1. The van der Waals surface area contributed by atoms with E-state index < -0.39 is 0 Å². The molecule has 5 nitrogen and oxygen atoms in total. The zero-order valence-corrected chi connectivity index (χ0v) is 15.9. The van der Waals surface area contributed by atoms with Gasteiger partial charge in [0.25, 0.3) is 0 Å². The van der Waals surface area contributed by atoms with E-state index >= 15 is 0 Å². The van der Waals surface area contributed by atoms with E-state index in [-0.39, 0.29) is 5.97 Å². The van der Waals surface area contributed by atoms with E-state index in [9.17, 15) is 4.79 Å². The normalized spacial score (nSPS) is 14.2. The highest BCUT2D eigenvalue weighted by Gasteiger charge is 2.19. The predicted molar refractivity (Wildman–Crippen MR) is 105 cm³/mol. The maximum atomic E-state index is 12.2. The van der Waals surface area contributed by atoms with Gasteiger partial charge >= 0.3 is 5.97 Å². The van der Waals surface area contributed by atoms with Crippen LogP contribution >= 0.6 is 23.2 Å². The molecular formula is C19H20Cl2N2O3. The van der Waals surface area contributed by atoms with Crippen molar-refractivity contribution in [3.63, 3.8) is 0 Å². The van der Waals surface area contributed by atoms with Crippen molar-refractivity contribution in [1.82, 2.24) is 0 Å². The third-order valence-corrected chi connectivity index (χ3v) is 4.97. The highest BCUT2D eigenvalue weighted by atomic mass is 35.5. The average molecular weight is 395 g/mol. The summed E-state index contributed by atoms with van der Waals surface area (Å²) in [5.74, 6) is -0.357. The van der Waals surface area contributed by atoms with Gasteiger partial charge in [-0.1, -0.05) is 29.3 Å². The maximum Gasteiger partial charge on any atom is 0.340 e. The minimum Gasteiger partial charge on any atom is -0.465 e. The first kappa shape index (κ1) is 18.8. The summed E-state index contributed by atoms with van der Waals surface area (Å²) in [6, 6.07) is 11.2. The molecule has 0 amide bonds. The van der Waals surface area contributed by atoms with Crippen LogP contribution in [0.4, 0.5) is 11.4 Å². The van der Waals surface area contributed by atoms with Gasteiger partial charge in [0.15, 0.2) is 0 Å². The molecule has 138 valence electrons. The second-order valence-electron chi connectivity index (χ2n) is 5.92. The fourth-order valence-corrected chi connectivity index (χ4v) is 3.17. The van der Waals surface area contributed by atoms with E-state index in [2.05, 4.69) is 10.2 Å². The second-order valence-corrected chi connectivity index (χ2v) is 6.74. The number of rotatable bonds is 5. The van der Waals surface area contributed by atoms with Gasteiger partial charge < -0.3 is 19.7 Å². The van der Waals surface area contributed by atoms with Crippen LogP contribution < -0.4 is 10.2 Å². The summed E-state index contributed by atoms with van der Waals surface area (Å²) in [5.41, 5.74) is 3.22. The molecule has 0 unspecified atom stereocenters. The lowest BCUT2D eigenvalue weighted by molar-refractivity contribution is 0.0600. The van der Waals surface area contributed by atoms with Gasteiger partial charge in [0.1, 0.15) is 0 Å². The summed E-state index contributed by atoms with van der Waals surface area (Å²) in [6.45, 7) is 3.37. The van der Waals surface area contributed by atoms with Crippen molar-refractivity contribution in [1.29, 1.82) is 0 Å². The van der Waals surface area contributed by atoms with E-state index in [0.717, 1.165) is 30.0 Å². The third kappa shape index (κ3) is 4.41. The van der Waals surface area contributed by atoms with E-state index in [1.54, 1.807) is 6.07 Å². The van der Waals surface area contributed by atoms with Crippen molar-refractivity contribution in [2.24, 2.45) is 0 Å². The smallest absolute Gasteiger partial charge is 0.340 e. The Hall–Kier alpha value is -1.95. The van der Waals surface area contributed by atoms with Gasteiger partial charge in [-0.15, -0.1) is 0 Å². The van der Waals surface area contributed by atoms with Gasteiger partial charge in [-0.3, -0.25) is 0 Å². The number of hydrogen-bond donors (Lipinski definition) is 1. The molecule has 1 saturated heterocycles. The van der Waals surface area contributed by atoms with Crippen molar-refractivity contribution < 1.29 is 14.3 Å². The van der Waals surface area contributed by atoms with E-state index in [1.165, 1.54) is 7.11 Å². The van der Waals surface area contributed by atoms with Gasteiger partial charge in [-0.2, -0.15) is 0 Å². The molecule has 2 aromatic carbocycles. The fourth-order valence-electron chi connectivity index (χ4n) is 2.85. The Bertz CT molecular complexity index is 792. The Morgan fingerprint density at radius 2 is 1.92 bits per heavy atom. The Morgan fingerprint density at radius 3 is 2.62 bits per heavy atom. The van der Waals surface area contributed by atoms with Gasteiger partial charge in [0.2, 0.25) is 0 Å². The summed E-state index contributed by atoms with van der Waals surface area (Å²) in [5, 5.41) is 4.35. The molecule has 7 heteroatoms. The SMILES string of the molecule is COC(=O)c1cc(NCc2ccc(Cl)c(Cl)c2)ccc1N1CCOCC1. The van der Waals surface area contributed by atoms with Crippen molar-refractivity contribution in [2.45, 2.75) is 6.54 Å². The highest BCUT2D eigenvalue weighted by Crippen LogP contribution is 2.27. The molecule has 1 aliphatic rings. The Labute approximate surface area is 162 Å². The molecule has 0 bridgehead atoms. The number of halogens is 2. The molecule has 1 heterocycles. The van der Waals surface area contributed by atoms with Crippen LogP contribution in [-0.4, -0.2) is 39.4 Å². The molecule has 1 fully saturated rings. The molecule has 0 saturated carbocycles. The van der Waals surface area contributed by atoms with Gasteiger partial charge in [-0.25, -0.2) is 4.79 Å². The van der Waals surface area contributed by atoms with Gasteiger partial charge in [0, 0.05) is 25.3 Å². The van der Waals surface area contributed by atoms with Crippen LogP contribution in [0.5, 0.6) is 0 Å². The van der Waals surface area contributed by atoms with Crippen molar-refractivity contribution in [3.05, 3.63) is 57.6 Å². The molecule has 0 aromatic heterocycles. The monoisotopic (exact) mass is 394 g/mol. The number of esters is 1. The standard InChI is InChI=1S/C19H20Cl2N2O3/c1-25-19(24)15-11-14(3-5-18(15)23-6-8-26-9-7-23)22-12-13-2-4-16(20)17(21)10-13/h2-5,10-11,22H,6-9,12H2,1H3. The average Bonchev–Trinajstić information content (AvgIpc) is 2.68. The molecule has 0 aliphatic carbocycles. The molecule has 1 aliphatic heterocycles. The van der Waals surface area contributed by atoms with Crippen molar-refractivity contribution in [2.75, 3.05) is 43.6 Å². The molecule has 0 radical (unpaired) electrons. The van der Waals surface area contributed by atoms with Crippen LogP contribution in [0, 0.1) is 0 Å². The zero-order chi connectivity index (χ0) is 18.5. The number of carbonyl (C=O) groups is 1. The Morgan fingerprint density at radius 1 is 1.15 bits per heavy atom. The largest absolute Gasteiger partial charge is 0.465 e. The van der Waals surface area contributed by atoms with Gasteiger partial charge in [0.05, 0.1) is 41.6 Å². The number of methoxy groups -OCH3 is 1. The summed E-state index contributed by atoms with van der Waals surface area (Å²) in [4.78, 5) is 14.4. The van der Waals surface area contributed by atoms with Crippen LogP contribution in [0.25, 0.3) is 0 Å². The van der Waals surface area contributed by atoms with Crippen LogP contribution in [0.2, 0.25) is 10.0 Å². The number of carbonyl (C=O) groups excluding carboxylic acids is 1. The molecule has 3 rings (SSSR count). The minimum absolute atomic E-state index is 0.357. The number of benzene rings is 2. The van der Waals surface area contributed by atoms with Crippen molar-refractivity contribution in [3.8, 4) is 0 Å². The topological polar surface area (TPSA) is 50.8 Å². The third-order valence-electron chi connectivity index (χ3n) is 4.23. The lowest BCUT2D eigenvalue weighted by Gasteiger charge is -2.30.